The maximum atomic E-state index is 12.1. The Kier molecular flexibility index (Phi) is 5.77. The number of hydrogen-bond acceptors (Lipinski definition) is 6. The van der Waals surface area contributed by atoms with Crippen molar-refractivity contribution in [2.24, 2.45) is 0 Å². The average molecular weight is 383 g/mol. The van der Waals surface area contributed by atoms with Crippen LogP contribution < -0.4 is 10.1 Å². The van der Waals surface area contributed by atoms with Gasteiger partial charge >= 0.3 is 0 Å². The number of nitro groups is 1. The van der Waals surface area contributed by atoms with Crippen molar-refractivity contribution >= 4 is 28.6 Å². The molecule has 0 bridgehead atoms. The van der Waals surface area contributed by atoms with Gasteiger partial charge in [0.25, 0.3) is 5.69 Å². The minimum absolute atomic E-state index is 0.0119. The molecule has 0 aliphatic rings. The molecule has 7 nitrogen and oxygen atoms in total. The van der Waals surface area contributed by atoms with Crippen LogP contribution in [0.15, 0.2) is 53.9 Å². The highest BCUT2D eigenvalue weighted by Crippen LogP contribution is 2.19. The Morgan fingerprint density at radius 2 is 1.89 bits per heavy atom. The first-order valence-corrected chi connectivity index (χ1v) is 9.04. The first-order chi connectivity index (χ1) is 13.0. The molecule has 0 radical (unpaired) electrons. The average Bonchev–Trinajstić information content (AvgIpc) is 3.09. The molecular weight excluding hydrogens is 366 g/mol. The summed E-state index contributed by atoms with van der Waals surface area (Å²) in [5.74, 6) is 0.392. The van der Waals surface area contributed by atoms with Crippen molar-refractivity contribution in [3.05, 3.63) is 80.3 Å². The molecule has 0 aliphatic heterocycles. The second kappa shape index (κ2) is 8.41. The lowest BCUT2D eigenvalue weighted by Gasteiger charge is -2.04. The number of nitrogens with zero attached hydrogens (tertiary/aromatic N) is 2. The molecule has 1 amide bonds. The molecule has 0 saturated heterocycles. The molecule has 3 aromatic rings. The summed E-state index contributed by atoms with van der Waals surface area (Å²) < 4.78 is 5.57. The van der Waals surface area contributed by atoms with Crippen LogP contribution in [0.25, 0.3) is 0 Å². The summed E-state index contributed by atoms with van der Waals surface area (Å²) in [6, 6.07) is 13.5. The van der Waals surface area contributed by atoms with Crippen LogP contribution in [0.3, 0.4) is 0 Å². The monoisotopic (exact) mass is 383 g/mol. The number of nitro benzene ring substituents is 1. The molecule has 0 fully saturated rings. The summed E-state index contributed by atoms with van der Waals surface area (Å²) in [5.41, 5.74) is 2.60. The van der Waals surface area contributed by atoms with Gasteiger partial charge in [0.15, 0.2) is 0 Å². The first kappa shape index (κ1) is 18.5. The zero-order valence-corrected chi connectivity index (χ0v) is 15.4. The summed E-state index contributed by atoms with van der Waals surface area (Å²) in [4.78, 5) is 26.7. The van der Waals surface area contributed by atoms with Crippen LogP contribution in [0.1, 0.15) is 16.3 Å². The fraction of sp³-hybridized carbons (Fsp3) is 0.158. The third kappa shape index (κ3) is 5.35. The Balaban J connectivity index is 1.51. The molecule has 1 heterocycles. The number of carbonyl (C=O) groups is 1. The van der Waals surface area contributed by atoms with Crippen LogP contribution in [0.4, 0.5) is 11.4 Å². The van der Waals surface area contributed by atoms with E-state index in [0.29, 0.717) is 16.5 Å². The van der Waals surface area contributed by atoms with Crippen LogP contribution >= 0.6 is 11.3 Å². The number of non-ortho nitro benzene ring substituents is 1. The standard InChI is InChI=1S/C19H17N3O4S/c1-13-2-4-14(5-3-13)20-18(23)10-19-21-15(12-27-19)11-26-17-8-6-16(7-9-17)22(24)25/h2-9,12H,10-11H2,1H3,(H,20,23). The number of rotatable bonds is 7. The van der Waals surface area contributed by atoms with E-state index in [1.807, 2.05) is 36.6 Å². The van der Waals surface area contributed by atoms with Gasteiger partial charge in [0.05, 0.1) is 17.0 Å². The number of nitrogens with one attached hydrogen (secondary N) is 1. The first-order valence-electron chi connectivity index (χ1n) is 8.16. The molecule has 27 heavy (non-hydrogen) atoms. The highest BCUT2D eigenvalue weighted by Gasteiger charge is 2.10. The Hall–Kier alpha value is -3.26. The van der Waals surface area contributed by atoms with Crippen molar-refractivity contribution in [2.45, 2.75) is 20.0 Å². The largest absolute Gasteiger partial charge is 0.487 e. The zero-order chi connectivity index (χ0) is 19.2. The minimum atomic E-state index is -0.460. The summed E-state index contributed by atoms with van der Waals surface area (Å²) in [6.07, 6.45) is 0.191. The molecule has 8 heteroatoms. The molecule has 2 aromatic carbocycles. The number of thiazole rings is 1. The number of anilines is 1. The number of benzene rings is 2. The van der Waals surface area contributed by atoms with E-state index in [1.54, 1.807) is 12.1 Å². The van der Waals surface area contributed by atoms with Gasteiger partial charge in [-0.2, -0.15) is 0 Å². The number of aromatic nitrogens is 1. The fourth-order valence-electron chi connectivity index (χ4n) is 2.30. The van der Waals surface area contributed by atoms with E-state index in [2.05, 4.69) is 10.3 Å². The maximum Gasteiger partial charge on any atom is 0.269 e. The molecule has 0 spiro atoms. The third-order valence-electron chi connectivity index (χ3n) is 3.68. The van der Waals surface area contributed by atoms with E-state index < -0.39 is 4.92 Å². The SMILES string of the molecule is Cc1ccc(NC(=O)Cc2nc(COc3ccc([N+](=O)[O-])cc3)cs2)cc1. The second-order valence-corrected chi connectivity index (χ2v) is 6.81. The van der Waals surface area contributed by atoms with Crippen molar-refractivity contribution in [1.29, 1.82) is 0 Å². The van der Waals surface area contributed by atoms with Gasteiger partial charge in [0, 0.05) is 23.2 Å². The summed E-state index contributed by atoms with van der Waals surface area (Å²) >= 11 is 1.39. The Bertz CT molecular complexity index is 936. The van der Waals surface area contributed by atoms with Crippen LogP contribution in [-0.4, -0.2) is 15.8 Å². The van der Waals surface area contributed by atoms with E-state index in [4.69, 9.17) is 4.74 Å². The molecule has 0 atom stereocenters. The van der Waals surface area contributed by atoms with E-state index in [1.165, 1.54) is 23.5 Å². The van der Waals surface area contributed by atoms with Gasteiger partial charge in [-0.15, -0.1) is 11.3 Å². The second-order valence-electron chi connectivity index (χ2n) is 5.86. The Morgan fingerprint density at radius 3 is 2.56 bits per heavy atom. The quantitative estimate of drug-likeness (QED) is 0.489. The maximum absolute atomic E-state index is 12.1. The lowest BCUT2D eigenvalue weighted by molar-refractivity contribution is -0.384. The van der Waals surface area contributed by atoms with Crippen molar-refractivity contribution in [2.75, 3.05) is 5.32 Å². The van der Waals surface area contributed by atoms with Crippen molar-refractivity contribution in [3.63, 3.8) is 0 Å². The normalized spacial score (nSPS) is 10.4. The number of hydrogen-bond donors (Lipinski definition) is 1. The molecule has 138 valence electrons. The number of carbonyl (C=O) groups excluding carboxylic acids is 1. The van der Waals surface area contributed by atoms with Gasteiger partial charge in [0.2, 0.25) is 5.91 Å². The Labute approximate surface area is 159 Å². The predicted molar refractivity (Wildman–Crippen MR) is 103 cm³/mol. The van der Waals surface area contributed by atoms with Crippen LogP contribution in [0, 0.1) is 17.0 Å². The van der Waals surface area contributed by atoms with Crippen molar-refractivity contribution in [3.8, 4) is 5.75 Å². The van der Waals surface area contributed by atoms with Gasteiger partial charge < -0.3 is 10.1 Å². The fourth-order valence-corrected chi connectivity index (χ4v) is 3.07. The third-order valence-corrected chi connectivity index (χ3v) is 4.58. The minimum Gasteiger partial charge on any atom is -0.487 e. The zero-order valence-electron chi connectivity index (χ0n) is 14.5. The highest BCUT2D eigenvalue weighted by atomic mass is 32.1. The number of aryl methyl sites for hydroxylation is 1. The van der Waals surface area contributed by atoms with Gasteiger partial charge in [-0.3, -0.25) is 14.9 Å². The molecule has 0 saturated carbocycles. The smallest absolute Gasteiger partial charge is 0.269 e. The Morgan fingerprint density at radius 1 is 1.19 bits per heavy atom. The van der Waals surface area contributed by atoms with Gasteiger partial charge in [-0.25, -0.2) is 4.98 Å². The van der Waals surface area contributed by atoms with Crippen molar-refractivity contribution in [1.82, 2.24) is 4.98 Å². The molecule has 3 rings (SSSR count). The molecule has 0 unspecified atom stereocenters. The van der Waals surface area contributed by atoms with Crippen LogP contribution in [-0.2, 0) is 17.8 Å². The van der Waals surface area contributed by atoms with E-state index in [0.717, 1.165) is 11.3 Å². The van der Waals surface area contributed by atoms with Crippen molar-refractivity contribution < 1.29 is 14.5 Å². The molecule has 1 N–H and O–H groups in total. The van der Waals surface area contributed by atoms with Crippen LogP contribution in [0.2, 0.25) is 0 Å². The van der Waals surface area contributed by atoms with Gasteiger partial charge in [0.1, 0.15) is 17.4 Å². The number of ether oxygens (including phenoxy) is 1. The summed E-state index contributed by atoms with van der Waals surface area (Å²) in [6.45, 7) is 2.22. The predicted octanol–water partition coefficient (Wildman–Crippen LogP) is 4.12. The van der Waals surface area contributed by atoms with E-state index in [9.17, 15) is 14.9 Å². The number of amides is 1. The summed E-state index contributed by atoms with van der Waals surface area (Å²) in [5, 5.41) is 16.0. The van der Waals surface area contributed by atoms with Gasteiger partial charge in [-0.1, -0.05) is 17.7 Å². The summed E-state index contributed by atoms with van der Waals surface area (Å²) in [7, 11) is 0. The molecule has 1 aromatic heterocycles. The molecule has 0 aliphatic carbocycles. The lowest BCUT2D eigenvalue weighted by Crippen LogP contribution is -2.14. The van der Waals surface area contributed by atoms with E-state index >= 15 is 0 Å². The highest BCUT2D eigenvalue weighted by molar-refractivity contribution is 7.09. The molecular formula is C19H17N3O4S. The van der Waals surface area contributed by atoms with E-state index in [-0.39, 0.29) is 24.6 Å². The van der Waals surface area contributed by atoms with Crippen LogP contribution in [0.5, 0.6) is 5.75 Å². The lowest BCUT2D eigenvalue weighted by atomic mass is 10.2. The van der Waals surface area contributed by atoms with Gasteiger partial charge in [-0.05, 0) is 31.2 Å². The topological polar surface area (TPSA) is 94.4 Å².